The summed E-state index contributed by atoms with van der Waals surface area (Å²) in [7, 11) is 5.00. The van der Waals surface area contributed by atoms with Crippen molar-refractivity contribution in [1.29, 1.82) is 0 Å². The Hall–Kier alpha value is -5.16. The molecule has 39 heteroatoms. The van der Waals surface area contributed by atoms with E-state index in [0.717, 1.165) is 0 Å². The highest BCUT2D eigenvalue weighted by Crippen LogP contribution is 2.21. The molecule has 18 atom stereocenters. The van der Waals surface area contributed by atoms with Crippen LogP contribution in [0.5, 0.6) is 0 Å². The van der Waals surface area contributed by atoms with Crippen LogP contribution in [0.1, 0.15) is 97.8 Å². The highest BCUT2D eigenvalue weighted by molar-refractivity contribution is 5.76. The zero-order valence-electron chi connectivity index (χ0n) is 49.8. The van der Waals surface area contributed by atoms with Crippen LogP contribution >= 0.6 is 0 Å². The number of carboxylic acids is 2. The van der Waals surface area contributed by atoms with Crippen LogP contribution in [0.2, 0.25) is 0 Å². The van der Waals surface area contributed by atoms with Gasteiger partial charge in [-0.15, -0.1) is 0 Å². The van der Waals surface area contributed by atoms with Gasteiger partial charge in [0.1, 0.15) is 36.6 Å². The third-order valence-electron chi connectivity index (χ3n) is 11.2. The van der Waals surface area contributed by atoms with Crippen LogP contribution in [0.15, 0.2) is 0 Å². The van der Waals surface area contributed by atoms with Crippen molar-refractivity contribution in [3.05, 3.63) is 0 Å². The third-order valence-corrected chi connectivity index (χ3v) is 11.2. The molecule has 0 aromatic rings. The van der Waals surface area contributed by atoms with Crippen molar-refractivity contribution in [2.45, 2.75) is 205 Å². The maximum Gasteiger partial charge on any atom is 0.335 e. The van der Waals surface area contributed by atoms with Crippen LogP contribution in [-0.4, -0.2) is 315 Å². The maximum absolute atomic E-state index is 11.1. The summed E-state index contributed by atoms with van der Waals surface area (Å²) in [6, 6.07) is 0. The minimum Gasteiger partial charge on any atom is -0.547 e. The van der Waals surface area contributed by atoms with E-state index in [4.69, 9.17) is 69.3 Å². The molecule has 6 aliphatic rings. The van der Waals surface area contributed by atoms with Crippen molar-refractivity contribution in [3.8, 4) is 0 Å². The number of aliphatic hydroxyl groups excluding tert-OH is 10. The lowest BCUT2D eigenvalue weighted by Crippen LogP contribution is -2.48. The summed E-state index contributed by atoms with van der Waals surface area (Å²) in [5, 5.41) is 111. The Morgan fingerprint density at radius 2 is 0.528 bits per heavy atom. The molecule has 0 aliphatic carbocycles. The fraction of sp³-hybridized carbons (Fsp3) is 0.840. The maximum atomic E-state index is 11.1. The Morgan fingerprint density at radius 3 is 0.753 bits per heavy atom. The first-order valence-corrected chi connectivity index (χ1v) is 25.2. The minimum absolute atomic E-state index is 0. The second kappa shape index (κ2) is 59.2. The number of carbonyl (C=O) groups is 8. The van der Waals surface area contributed by atoms with Crippen molar-refractivity contribution >= 4 is 47.8 Å². The molecule has 0 aromatic heterocycles. The molecule has 6 fully saturated rings. The van der Waals surface area contributed by atoms with Gasteiger partial charge < -0.3 is 166 Å². The Balaban J connectivity index is -0.0000000706. The van der Waals surface area contributed by atoms with Gasteiger partial charge in [-0.25, -0.2) is 19.2 Å². The molecule has 0 amide bonds. The Bertz CT molecular complexity index is 1750. The number of ether oxygens (including phenoxy) is 12. The van der Waals surface area contributed by atoms with Crippen molar-refractivity contribution in [1.82, 2.24) is 0 Å². The summed E-state index contributed by atoms with van der Waals surface area (Å²) in [4.78, 5) is 85.7. The second-order valence-corrected chi connectivity index (χ2v) is 17.0. The predicted molar refractivity (Wildman–Crippen MR) is 301 cm³/mol. The molecule has 39 nitrogen and oxygen atoms in total. The first-order valence-electron chi connectivity index (χ1n) is 25.2. The van der Waals surface area contributed by atoms with Gasteiger partial charge >= 0.3 is 35.8 Å². The van der Waals surface area contributed by atoms with E-state index in [-0.39, 0.29) is 134 Å². The molecule has 0 saturated carbocycles. The van der Waals surface area contributed by atoms with Crippen LogP contribution in [0.3, 0.4) is 0 Å². The van der Waals surface area contributed by atoms with Crippen LogP contribution in [0, 0.1) is 0 Å². The zero-order chi connectivity index (χ0) is 62.0. The van der Waals surface area contributed by atoms with Crippen LogP contribution in [0.4, 0.5) is 0 Å². The molecule has 12 unspecified atom stereocenters. The predicted octanol–water partition coefficient (Wildman–Crippen LogP) is -11.6. The summed E-state index contributed by atoms with van der Waals surface area (Å²) in [5.74, 6) is -5.77. The molecule has 6 saturated heterocycles. The first-order chi connectivity index (χ1) is 37.6. The summed E-state index contributed by atoms with van der Waals surface area (Å²) < 4.78 is 56.7. The number of esters is 6. The van der Waals surface area contributed by atoms with E-state index < -0.39 is 158 Å². The van der Waals surface area contributed by atoms with E-state index in [1.807, 2.05) is 27.7 Å². The van der Waals surface area contributed by atoms with Gasteiger partial charge in [-0.2, -0.15) is 0 Å². The molecule has 89 heavy (non-hydrogen) atoms. The van der Waals surface area contributed by atoms with Crippen molar-refractivity contribution in [2.24, 2.45) is 0 Å². The summed E-state index contributed by atoms with van der Waals surface area (Å²) in [5.41, 5.74) is 0. The van der Waals surface area contributed by atoms with E-state index >= 15 is 0 Å². The van der Waals surface area contributed by atoms with Gasteiger partial charge in [0, 0.05) is 55.2 Å². The quantitative estimate of drug-likeness (QED) is 0.0797. The molecular weight excluding hydrogens is 1220 g/mol. The van der Waals surface area contributed by atoms with Crippen LogP contribution < -0.4 is 10.2 Å². The molecule has 0 spiro atoms. The van der Waals surface area contributed by atoms with Gasteiger partial charge in [0.05, 0.1) is 123 Å². The average molecular weight is 1330 g/mol. The normalized spacial score (nSPS) is 29.8. The van der Waals surface area contributed by atoms with E-state index in [9.17, 15) is 58.8 Å². The van der Waals surface area contributed by atoms with Gasteiger partial charge in [0.15, 0.2) is 30.5 Å². The van der Waals surface area contributed by atoms with Gasteiger partial charge in [-0.3, -0.25) is 9.59 Å². The van der Waals surface area contributed by atoms with Gasteiger partial charge in [0.25, 0.3) is 0 Å². The molecule has 6 aliphatic heterocycles. The van der Waals surface area contributed by atoms with Crippen molar-refractivity contribution < 1.29 is 198 Å². The van der Waals surface area contributed by atoms with Gasteiger partial charge in [-0.1, -0.05) is 42.5 Å². The Kier molecular flexibility index (Phi) is 72.1. The zero-order valence-corrected chi connectivity index (χ0v) is 49.8. The number of rotatable bonds is 8. The molecule has 0 aromatic carbocycles. The van der Waals surface area contributed by atoms with Gasteiger partial charge in [0.2, 0.25) is 0 Å². The number of carbonyl (C=O) groups excluding carboxylic acids is 8. The van der Waals surface area contributed by atoms with Gasteiger partial charge in [-0.05, 0) is 0 Å². The number of hydrogen-bond donors (Lipinski definition) is 10. The smallest absolute Gasteiger partial charge is 0.335 e. The average Bonchev–Trinajstić information content (AvgIpc) is 3.53. The number of carboxylic acid groups (broad SMARTS) is 2. The summed E-state index contributed by atoms with van der Waals surface area (Å²) in [6.45, 7) is 10.1. The number of aliphatic hydroxyl groups is 10. The Labute approximate surface area is 517 Å². The summed E-state index contributed by atoms with van der Waals surface area (Å²) in [6.07, 6.45) is -15.9. The third kappa shape index (κ3) is 42.5. The van der Waals surface area contributed by atoms with Crippen molar-refractivity contribution in [3.63, 3.8) is 0 Å². The van der Waals surface area contributed by atoms with E-state index in [2.05, 4.69) is 28.4 Å². The minimum atomic E-state index is -1.35. The highest BCUT2D eigenvalue weighted by atomic mass is 16.6. The standard InChI is InChI=1S/2C9H14O6.2C7H12O5.2C6H10O5.2C2H6.2CH4.7H2O.2H2/c1-5(10)15-7-3-8(9(12)13-2)14-4-6(7)11;1-5(10)15-8-4-14-7(3-6(8)11)9(12)13-2;2*1-11-7(10)6-2-4(8)5(9)3-12-6;2*7-3-1-5(6(9)10)11-2-4(3)8;2*1-2;;;;;;;;;;;/h2*6-8,11H,3-4H2,1-2H3;2*4-6,8-9H,2-3H2,1H3;2*3-5,7-8H,1-2H2,(H,9,10);2*1-2H3;2*1H4;7*1H2;2*1H/p-2/t6?,7-,8?;6-,7?,8?;2*4-,5?,6?;2*3-,4?,5?;;;;;;;;;;;;;/m111111............./s1. The van der Waals surface area contributed by atoms with E-state index in [1.54, 1.807) is 0 Å². The molecule has 24 N–H and O–H groups in total. The highest BCUT2D eigenvalue weighted by Gasteiger charge is 2.38. The first kappa shape index (κ1) is 108. The van der Waals surface area contributed by atoms with E-state index in [0.29, 0.717) is 0 Å². The second-order valence-electron chi connectivity index (χ2n) is 17.0. The molecule has 6 rings (SSSR count). The SMILES string of the molecule is C.C.CC.CC.COC(=O)C1C[C@@H](O)C(O)CO1.COC(=O)C1C[C@@H](O)C(O)CO1.COC(=O)C1C[C@@H](O)C(OC(C)=O)CO1.COC(=O)C1C[C@@H](OC(C)=O)C(O)CO1.O.O.O.O.O.O.O.O=C([O-])C1C[C@@H](O)C(O)CO1.O=C([O-])C1C[C@@H](O)C(O)CO1.[HH].[HH]. The summed E-state index contributed by atoms with van der Waals surface area (Å²) >= 11 is 0. The number of aliphatic carboxylic acids is 2. The lowest BCUT2D eigenvalue weighted by Gasteiger charge is -2.31. The van der Waals surface area contributed by atoms with E-state index in [1.165, 1.54) is 42.3 Å². The fourth-order valence-corrected chi connectivity index (χ4v) is 6.78. The fourth-order valence-electron chi connectivity index (χ4n) is 6.78. The topological polar surface area (TPSA) is 716 Å². The monoisotopic (exact) mass is 1330 g/mol. The van der Waals surface area contributed by atoms with Crippen molar-refractivity contribution in [2.75, 3.05) is 68.1 Å². The Morgan fingerprint density at radius 1 is 0.326 bits per heavy atom. The molecule has 0 radical (unpaired) electrons. The molecular formula is C50H108O39-2. The number of hydrogen-bond acceptors (Lipinski definition) is 32. The largest absolute Gasteiger partial charge is 0.547 e. The molecule has 544 valence electrons. The molecule has 6 heterocycles. The lowest BCUT2D eigenvalue weighted by atomic mass is 10.0. The van der Waals surface area contributed by atoms with Crippen LogP contribution in [0.25, 0.3) is 0 Å². The number of methoxy groups -OCH3 is 4. The van der Waals surface area contributed by atoms with Crippen LogP contribution in [-0.2, 0) is 95.2 Å². The lowest BCUT2D eigenvalue weighted by molar-refractivity contribution is -0.322. The molecule has 0 bridgehead atoms.